The number of carbonyl (C=O) groups is 2. The number of rotatable bonds is 7. The summed E-state index contributed by atoms with van der Waals surface area (Å²) in [6, 6.07) is 13.1. The SMILES string of the molecule is CCCC(Sc1nc2ccc(NC(=O)c3ccc(C(C)(C)C)cc3)cc2s1)C(=O)[O-]. The van der Waals surface area contributed by atoms with E-state index in [0.29, 0.717) is 22.0 Å². The van der Waals surface area contributed by atoms with Gasteiger partial charge in [0.1, 0.15) is 0 Å². The molecular formula is C23H25N2O3S2-. The lowest BCUT2D eigenvalue weighted by Crippen LogP contribution is -2.33. The lowest BCUT2D eigenvalue weighted by Gasteiger charge is -2.19. The highest BCUT2D eigenvalue weighted by molar-refractivity contribution is 8.02. The summed E-state index contributed by atoms with van der Waals surface area (Å²) in [5, 5.41) is 13.6. The van der Waals surface area contributed by atoms with Crippen LogP contribution in [0.1, 0.15) is 56.5 Å². The Morgan fingerprint density at radius 1 is 1.17 bits per heavy atom. The number of carboxylic acids is 1. The van der Waals surface area contributed by atoms with Crippen molar-refractivity contribution in [1.82, 2.24) is 4.98 Å². The summed E-state index contributed by atoms with van der Waals surface area (Å²) in [6.07, 6.45) is 1.31. The number of hydrogen-bond donors (Lipinski definition) is 1. The molecule has 1 amide bonds. The van der Waals surface area contributed by atoms with Gasteiger partial charge in [0.15, 0.2) is 4.34 Å². The number of hydrogen-bond acceptors (Lipinski definition) is 6. The molecule has 0 spiro atoms. The van der Waals surface area contributed by atoms with Crippen LogP contribution in [0.3, 0.4) is 0 Å². The van der Waals surface area contributed by atoms with Gasteiger partial charge >= 0.3 is 0 Å². The molecule has 3 rings (SSSR count). The zero-order valence-corrected chi connectivity index (χ0v) is 19.2. The van der Waals surface area contributed by atoms with Gasteiger partial charge in [0.2, 0.25) is 0 Å². The number of thioether (sulfide) groups is 1. The van der Waals surface area contributed by atoms with E-state index in [-0.39, 0.29) is 11.3 Å². The number of benzene rings is 2. The Bertz CT molecular complexity index is 1050. The number of carboxylic acid groups (broad SMARTS) is 1. The van der Waals surface area contributed by atoms with Crippen LogP contribution in [0.5, 0.6) is 0 Å². The molecule has 7 heteroatoms. The number of anilines is 1. The van der Waals surface area contributed by atoms with Gasteiger partial charge in [0.05, 0.1) is 21.4 Å². The highest BCUT2D eigenvalue weighted by Crippen LogP contribution is 2.34. The Balaban J connectivity index is 1.74. The van der Waals surface area contributed by atoms with Crippen molar-refractivity contribution in [3.63, 3.8) is 0 Å². The monoisotopic (exact) mass is 441 g/mol. The minimum Gasteiger partial charge on any atom is -0.549 e. The maximum Gasteiger partial charge on any atom is 0.255 e. The van der Waals surface area contributed by atoms with Gasteiger partial charge in [-0.1, -0.05) is 58.0 Å². The van der Waals surface area contributed by atoms with Crippen molar-refractivity contribution in [3.05, 3.63) is 53.6 Å². The molecular weight excluding hydrogens is 416 g/mol. The molecule has 3 aromatic rings. The van der Waals surface area contributed by atoms with E-state index in [9.17, 15) is 14.7 Å². The predicted octanol–water partition coefficient (Wildman–Crippen LogP) is 4.86. The molecule has 5 nitrogen and oxygen atoms in total. The molecule has 0 aliphatic carbocycles. The number of aliphatic carboxylic acids is 1. The summed E-state index contributed by atoms with van der Waals surface area (Å²) in [6.45, 7) is 8.35. The molecule has 0 bridgehead atoms. The summed E-state index contributed by atoms with van der Waals surface area (Å²) >= 11 is 2.65. The molecule has 1 heterocycles. The second-order valence-corrected chi connectivity index (χ2v) is 10.6. The number of nitrogens with one attached hydrogen (secondary N) is 1. The van der Waals surface area contributed by atoms with E-state index in [2.05, 4.69) is 31.1 Å². The summed E-state index contributed by atoms with van der Waals surface area (Å²) in [7, 11) is 0. The van der Waals surface area contributed by atoms with Crippen molar-refractivity contribution in [2.24, 2.45) is 0 Å². The predicted molar refractivity (Wildman–Crippen MR) is 122 cm³/mol. The van der Waals surface area contributed by atoms with Gasteiger partial charge in [-0.2, -0.15) is 0 Å². The van der Waals surface area contributed by atoms with Crippen LogP contribution in [-0.4, -0.2) is 22.1 Å². The van der Waals surface area contributed by atoms with Gasteiger partial charge in [0, 0.05) is 11.3 Å². The van der Waals surface area contributed by atoms with Crippen molar-refractivity contribution < 1.29 is 14.7 Å². The molecule has 0 saturated carbocycles. The second kappa shape index (κ2) is 9.18. The van der Waals surface area contributed by atoms with Gasteiger partial charge in [-0.05, 0) is 47.7 Å². The molecule has 1 aromatic heterocycles. The van der Waals surface area contributed by atoms with Crippen molar-refractivity contribution in [2.45, 2.75) is 55.5 Å². The Kier molecular flexibility index (Phi) is 6.83. The first-order chi connectivity index (χ1) is 14.2. The molecule has 158 valence electrons. The normalized spacial score (nSPS) is 12.7. The molecule has 30 heavy (non-hydrogen) atoms. The fourth-order valence-corrected chi connectivity index (χ4v) is 5.36. The zero-order valence-electron chi connectivity index (χ0n) is 17.5. The van der Waals surface area contributed by atoms with Gasteiger partial charge in [-0.15, -0.1) is 11.3 Å². The smallest absolute Gasteiger partial charge is 0.255 e. The maximum absolute atomic E-state index is 12.6. The molecule has 0 saturated heterocycles. The first kappa shape index (κ1) is 22.3. The van der Waals surface area contributed by atoms with Crippen molar-refractivity contribution in [3.8, 4) is 0 Å². The average molecular weight is 442 g/mol. The third kappa shape index (κ3) is 5.40. The van der Waals surface area contributed by atoms with Crippen molar-refractivity contribution in [1.29, 1.82) is 0 Å². The highest BCUT2D eigenvalue weighted by atomic mass is 32.2. The third-order valence-electron chi connectivity index (χ3n) is 4.70. The molecule has 2 aromatic carbocycles. The zero-order chi connectivity index (χ0) is 21.9. The summed E-state index contributed by atoms with van der Waals surface area (Å²) < 4.78 is 1.58. The van der Waals surface area contributed by atoms with E-state index >= 15 is 0 Å². The molecule has 1 atom stereocenters. The quantitative estimate of drug-likeness (QED) is 0.530. The first-order valence-electron chi connectivity index (χ1n) is 9.87. The number of thiazole rings is 1. The third-order valence-corrected chi connectivity index (χ3v) is 7.05. The first-order valence-corrected chi connectivity index (χ1v) is 11.6. The minimum atomic E-state index is -1.06. The molecule has 1 unspecified atom stereocenters. The molecule has 0 aliphatic rings. The van der Waals surface area contributed by atoms with E-state index in [1.165, 1.54) is 28.7 Å². The summed E-state index contributed by atoms with van der Waals surface area (Å²) in [5.41, 5.74) is 3.27. The van der Waals surface area contributed by atoms with Crippen molar-refractivity contribution in [2.75, 3.05) is 5.32 Å². The molecule has 0 fully saturated rings. The Labute approximate surface area is 184 Å². The van der Waals surface area contributed by atoms with Gasteiger partial charge in [-0.3, -0.25) is 4.79 Å². The largest absolute Gasteiger partial charge is 0.549 e. The Hall–Kier alpha value is -2.38. The number of amides is 1. The van der Waals surface area contributed by atoms with Gasteiger partial charge in [-0.25, -0.2) is 4.98 Å². The van der Waals surface area contributed by atoms with Gasteiger partial charge < -0.3 is 15.2 Å². The number of fused-ring (bicyclic) bond motifs is 1. The average Bonchev–Trinajstić information content (AvgIpc) is 3.08. The van der Waals surface area contributed by atoms with E-state index in [4.69, 9.17) is 0 Å². The van der Waals surface area contributed by atoms with Crippen molar-refractivity contribution >= 4 is 50.9 Å². The topological polar surface area (TPSA) is 82.1 Å². The van der Waals surface area contributed by atoms with Crippen LogP contribution in [0.15, 0.2) is 46.8 Å². The van der Waals surface area contributed by atoms with E-state index in [1.807, 2.05) is 43.3 Å². The fraction of sp³-hybridized carbons (Fsp3) is 0.348. The summed E-state index contributed by atoms with van der Waals surface area (Å²) in [5.74, 6) is -1.24. The lowest BCUT2D eigenvalue weighted by atomic mass is 9.87. The van der Waals surface area contributed by atoms with E-state index in [0.717, 1.165) is 16.6 Å². The summed E-state index contributed by atoms with van der Waals surface area (Å²) in [4.78, 5) is 28.4. The maximum atomic E-state index is 12.6. The lowest BCUT2D eigenvalue weighted by molar-refractivity contribution is -0.304. The van der Waals surface area contributed by atoms with E-state index < -0.39 is 11.2 Å². The van der Waals surface area contributed by atoms with Crippen LogP contribution in [0.2, 0.25) is 0 Å². The fourth-order valence-electron chi connectivity index (χ4n) is 2.97. The Morgan fingerprint density at radius 2 is 1.87 bits per heavy atom. The highest BCUT2D eigenvalue weighted by Gasteiger charge is 2.16. The van der Waals surface area contributed by atoms with Crippen LogP contribution in [-0.2, 0) is 10.2 Å². The number of nitrogens with zero attached hydrogens (tertiary/aromatic N) is 1. The standard InChI is InChI=1S/C23H26N2O3S2/c1-5-6-18(21(27)28)29-22-25-17-12-11-16(13-19(17)30-22)24-20(26)14-7-9-15(10-8-14)23(2,3)4/h7-13,18H,5-6H2,1-4H3,(H,24,26)(H,27,28)/p-1. The van der Waals surface area contributed by atoms with Crippen LogP contribution < -0.4 is 10.4 Å². The van der Waals surface area contributed by atoms with Crippen LogP contribution >= 0.6 is 23.1 Å². The minimum absolute atomic E-state index is 0.0365. The van der Waals surface area contributed by atoms with Gasteiger partial charge in [0.25, 0.3) is 5.91 Å². The number of aromatic nitrogens is 1. The number of carbonyl (C=O) groups excluding carboxylic acids is 2. The Morgan fingerprint density at radius 3 is 2.47 bits per heavy atom. The van der Waals surface area contributed by atoms with Crippen LogP contribution in [0.25, 0.3) is 10.2 Å². The van der Waals surface area contributed by atoms with Crippen LogP contribution in [0.4, 0.5) is 5.69 Å². The molecule has 0 aliphatic heterocycles. The van der Waals surface area contributed by atoms with E-state index in [1.54, 1.807) is 6.07 Å². The van der Waals surface area contributed by atoms with Crippen LogP contribution in [0, 0.1) is 0 Å². The molecule has 0 radical (unpaired) electrons. The second-order valence-electron chi connectivity index (χ2n) is 8.16. The molecule has 1 N–H and O–H groups in total.